The first kappa shape index (κ1) is 4.81. The van der Waals surface area contributed by atoms with E-state index >= 15 is 0 Å². The number of rotatable bonds is 0. The van der Waals surface area contributed by atoms with E-state index < -0.39 is 0 Å². The summed E-state index contributed by atoms with van der Waals surface area (Å²) in [6, 6.07) is 0. The highest BCUT2D eigenvalue weighted by molar-refractivity contribution is 8.86. The second-order valence-corrected chi connectivity index (χ2v) is 7.75. The summed E-state index contributed by atoms with van der Waals surface area (Å²) in [5.74, 6) is 1.24. The molecule has 0 radical (unpaired) electrons. The van der Waals surface area contributed by atoms with Crippen LogP contribution in [0.25, 0.3) is 0 Å². The zero-order valence-electron chi connectivity index (χ0n) is 3.39. The van der Waals surface area contributed by atoms with Crippen LogP contribution in [-0.2, 0) is 0 Å². The van der Waals surface area contributed by atoms with Crippen molar-refractivity contribution in [2.45, 2.75) is 0 Å². The van der Waals surface area contributed by atoms with Gasteiger partial charge in [-0.25, -0.2) is 0 Å². The van der Waals surface area contributed by atoms with E-state index in [1.807, 2.05) is 10.8 Å². The van der Waals surface area contributed by atoms with Crippen LogP contribution in [-0.4, -0.2) is 14.7 Å². The monoisotopic (exact) mass is 134 g/mol. The van der Waals surface area contributed by atoms with Gasteiger partial charge in [0.05, 0.1) is 0 Å². The van der Waals surface area contributed by atoms with E-state index in [1.54, 1.807) is 0 Å². The second-order valence-electron chi connectivity index (χ2n) is 1.04. The molecule has 1 aliphatic rings. The third-order valence-electron chi connectivity index (χ3n) is 0.564. The SMILES string of the molecule is [SiH2]=S1C=CCS1. The van der Waals surface area contributed by atoms with Crippen molar-refractivity contribution in [1.82, 2.24) is 0 Å². The molecule has 0 saturated carbocycles. The maximum atomic E-state index is 2.28. The van der Waals surface area contributed by atoms with Gasteiger partial charge in [-0.1, -0.05) is 16.9 Å². The maximum Gasteiger partial charge on any atom is 0.0280 e. The van der Waals surface area contributed by atoms with Gasteiger partial charge in [0, 0.05) is 14.7 Å². The molecule has 0 spiro atoms. The van der Waals surface area contributed by atoms with Crippen LogP contribution in [0.5, 0.6) is 0 Å². The van der Waals surface area contributed by atoms with Crippen LogP contribution in [0.15, 0.2) is 11.5 Å². The highest BCUT2D eigenvalue weighted by Gasteiger charge is 1.89. The predicted octanol–water partition coefficient (Wildman–Crippen LogP) is 0.979. The molecule has 0 aromatic carbocycles. The summed E-state index contributed by atoms with van der Waals surface area (Å²) >= 11 is 0. The fourth-order valence-corrected chi connectivity index (χ4v) is 3.68. The van der Waals surface area contributed by atoms with Crippen LogP contribution >= 0.6 is 19.7 Å². The van der Waals surface area contributed by atoms with Crippen molar-refractivity contribution >= 4 is 28.7 Å². The van der Waals surface area contributed by atoms with Crippen LogP contribution in [0.1, 0.15) is 0 Å². The van der Waals surface area contributed by atoms with E-state index in [1.165, 1.54) is 5.75 Å². The molecule has 0 bridgehead atoms. The Bertz CT molecular complexity index is 97.0. The Labute approximate surface area is 46.3 Å². The quantitative estimate of drug-likeness (QED) is 0.351. The molecule has 6 heavy (non-hydrogen) atoms. The van der Waals surface area contributed by atoms with Crippen molar-refractivity contribution in [2.24, 2.45) is 0 Å². The van der Waals surface area contributed by atoms with Crippen LogP contribution in [0.4, 0.5) is 0 Å². The van der Waals surface area contributed by atoms with E-state index in [2.05, 4.69) is 20.4 Å². The van der Waals surface area contributed by atoms with Gasteiger partial charge in [0.1, 0.15) is 0 Å². The molecule has 0 fully saturated rings. The predicted molar refractivity (Wildman–Crippen MR) is 37.7 cm³/mol. The van der Waals surface area contributed by atoms with Crippen molar-refractivity contribution in [3.05, 3.63) is 11.5 Å². The lowest BCUT2D eigenvalue weighted by molar-refractivity contribution is 1.84. The van der Waals surface area contributed by atoms with E-state index in [0.29, 0.717) is 8.92 Å². The Morgan fingerprint density at radius 1 is 1.83 bits per heavy atom. The smallest absolute Gasteiger partial charge is 0.0280 e. The Hall–Kier alpha value is 0.657. The normalized spacial score (nSPS) is 31.7. The van der Waals surface area contributed by atoms with Crippen LogP contribution < -0.4 is 0 Å². The third-order valence-corrected chi connectivity index (χ3v) is 5.42. The molecule has 1 atom stereocenters. The molecule has 0 aromatic rings. The summed E-state index contributed by atoms with van der Waals surface area (Å²) in [7, 11) is 4.68. The third kappa shape index (κ3) is 1.06. The molecule has 0 aliphatic carbocycles. The first-order chi connectivity index (χ1) is 2.89. The molecule has 34 valence electrons. The summed E-state index contributed by atoms with van der Waals surface area (Å²) in [6.07, 6.45) is 2.24. The molecule has 0 N–H and O–H groups in total. The largest absolute Gasteiger partial charge is 0.140 e. The van der Waals surface area contributed by atoms with Crippen molar-refractivity contribution < 1.29 is 0 Å². The summed E-state index contributed by atoms with van der Waals surface area (Å²) in [5, 5.41) is 2.28. The van der Waals surface area contributed by atoms with E-state index in [4.69, 9.17) is 0 Å². The minimum Gasteiger partial charge on any atom is -0.140 e. The van der Waals surface area contributed by atoms with Gasteiger partial charge in [-0.05, 0) is 5.41 Å². The molecule has 1 rings (SSSR count). The minimum atomic E-state index is 0.591. The van der Waals surface area contributed by atoms with Crippen molar-refractivity contribution in [3.8, 4) is 0 Å². The molecule has 1 heterocycles. The Morgan fingerprint density at radius 2 is 2.67 bits per heavy atom. The molecule has 0 amide bonds. The maximum absolute atomic E-state index is 2.28. The molecule has 0 aromatic heterocycles. The van der Waals surface area contributed by atoms with Gasteiger partial charge in [-0.15, -0.1) is 8.92 Å². The Morgan fingerprint density at radius 3 is 2.83 bits per heavy atom. The molecule has 3 heteroatoms. The van der Waals surface area contributed by atoms with Crippen LogP contribution in [0.2, 0.25) is 0 Å². The van der Waals surface area contributed by atoms with Gasteiger partial charge in [0.2, 0.25) is 0 Å². The van der Waals surface area contributed by atoms with Gasteiger partial charge in [0.25, 0.3) is 0 Å². The number of hydrogen-bond donors (Lipinski definition) is 0. The van der Waals surface area contributed by atoms with Gasteiger partial charge in [-0.3, -0.25) is 0 Å². The zero-order valence-corrected chi connectivity index (χ0v) is 6.43. The van der Waals surface area contributed by atoms with Crippen molar-refractivity contribution in [1.29, 1.82) is 0 Å². The average molecular weight is 134 g/mol. The minimum absolute atomic E-state index is 0.591. The van der Waals surface area contributed by atoms with Crippen molar-refractivity contribution in [2.75, 3.05) is 5.75 Å². The lowest BCUT2D eigenvalue weighted by Crippen LogP contribution is -1.48. The highest BCUT2D eigenvalue weighted by atomic mass is 33.2. The Kier molecular flexibility index (Phi) is 1.68. The Balaban J connectivity index is 2.59. The lowest BCUT2D eigenvalue weighted by atomic mass is 10.8. The van der Waals surface area contributed by atoms with Gasteiger partial charge < -0.3 is 0 Å². The molecule has 0 nitrogen and oxygen atoms in total. The fourth-order valence-electron chi connectivity index (χ4n) is 0.313. The standard InChI is InChI=1S/C3H6S2Si/c6-5-3-1-2-4-5/h1,3H,2,6H2. The van der Waals surface area contributed by atoms with Crippen LogP contribution in [0.3, 0.4) is 0 Å². The highest BCUT2D eigenvalue weighted by Crippen LogP contribution is 2.34. The first-order valence-electron chi connectivity index (χ1n) is 1.72. The first-order valence-corrected chi connectivity index (χ1v) is 6.41. The molecule has 0 saturated heterocycles. The van der Waals surface area contributed by atoms with E-state index in [9.17, 15) is 0 Å². The molecular formula is C3H6S2Si. The van der Waals surface area contributed by atoms with Crippen LogP contribution in [0, 0.1) is 0 Å². The summed E-state index contributed by atoms with van der Waals surface area (Å²) in [4.78, 5) is 0. The van der Waals surface area contributed by atoms with Gasteiger partial charge in [-0.2, -0.15) is 0 Å². The average Bonchev–Trinajstić information content (AvgIpc) is 1.86. The molecule has 1 unspecified atom stereocenters. The number of hydrogen-bond acceptors (Lipinski definition) is 1. The topological polar surface area (TPSA) is 0 Å². The zero-order chi connectivity index (χ0) is 4.41. The second kappa shape index (κ2) is 2.09. The van der Waals surface area contributed by atoms with Crippen molar-refractivity contribution in [3.63, 3.8) is 0 Å². The summed E-state index contributed by atoms with van der Waals surface area (Å²) in [6.45, 7) is 0. The van der Waals surface area contributed by atoms with E-state index in [-0.39, 0.29) is 0 Å². The summed E-state index contributed by atoms with van der Waals surface area (Å²) < 4.78 is 0. The summed E-state index contributed by atoms with van der Waals surface area (Å²) in [5.41, 5.74) is 0. The molecular weight excluding hydrogens is 128 g/mol. The fraction of sp³-hybridized carbons (Fsp3) is 0.333. The van der Waals surface area contributed by atoms with Gasteiger partial charge >= 0.3 is 0 Å². The molecule has 1 aliphatic heterocycles. The van der Waals surface area contributed by atoms with Gasteiger partial charge in [0.15, 0.2) is 0 Å². The lowest BCUT2D eigenvalue weighted by Gasteiger charge is -1.82. The van der Waals surface area contributed by atoms with E-state index in [0.717, 1.165) is 0 Å².